The third-order valence-electron chi connectivity index (χ3n) is 4.86. The van der Waals surface area contributed by atoms with Crippen molar-refractivity contribution >= 4 is 9.84 Å². The minimum absolute atomic E-state index is 0.0775. The van der Waals surface area contributed by atoms with Crippen molar-refractivity contribution in [3.63, 3.8) is 0 Å². The molecule has 0 amide bonds. The number of imidazole rings is 1. The summed E-state index contributed by atoms with van der Waals surface area (Å²) in [6.07, 6.45) is 2.20. The van der Waals surface area contributed by atoms with Crippen LogP contribution < -0.4 is 4.74 Å². The zero-order valence-electron chi connectivity index (χ0n) is 14.8. The van der Waals surface area contributed by atoms with Gasteiger partial charge in [-0.2, -0.15) is 0 Å². The highest BCUT2D eigenvalue weighted by atomic mass is 32.2. The van der Waals surface area contributed by atoms with Gasteiger partial charge < -0.3 is 9.30 Å². The van der Waals surface area contributed by atoms with E-state index in [0.29, 0.717) is 23.4 Å². The first kappa shape index (κ1) is 17.7. The van der Waals surface area contributed by atoms with Gasteiger partial charge in [0, 0.05) is 17.2 Å². The maximum Gasteiger partial charge on any atom is 0.152 e. The van der Waals surface area contributed by atoms with E-state index in [1.807, 2.05) is 34.9 Å². The van der Waals surface area contributed by atoms with E-state index in [1.165, 1.54) is 19.2 Å². The minimum Gasteiger partial charge on any atom is -0.496 e. The molecule has 3 aromatic rings. The van der Waals surface area contributed by atoms with Crippen molar-refractivity contribution in [2.45, 2.75) is 12.5 Å². The largest absolute Gasteiger partial charge is 0.496 e. The van der Waals surface area contributed by atoms with Crippen molar-refractivity contribution in [3.05, 3.63) is 60.7 Å². The van der Waals surface area contributed by atoms with Crippen LogP contribution in [0.3, 0.4) is 0 Å². The SMILES string of the molecule is COc1cc(F)ccc1-c1c(-c2ccccc2)ncn1[C@H]1CCS(=O)(=O)C1. The first-order valence-electron chi connectivity index (χ1n) is 8.65. The van der Waals surface area contributed by atoms with E-state index >= 15 is 0 Å². The van der Waals surface area contributed by atoms with Gasteiger partial charge in [0.05, 0.1) is 42.4 Å². The summed E-state index contributed by atoms with van der Waals surface area (Å²) < 4.78 is 45.0. The second-order valence-corrected chi connectivity index (χ2v) is 8.85. The molecule has 0 aliphatic carbocycles. The molecule has 1 atom stereocenters. The summed E-state index contributed by atoms with van der Waals surface area (Å²) in [6, 6.07) is 13.8. The average molecular weight is 386 g/mol. The number of ether oxygens (including phenoxy) is 1. The summed E-state index contributed by atoms with van der Waals surface area (Å²) in [5, 5.41) is 0. The van der Waals surface area contributed by atoms with Gasteiger partial charge in [0.25, 0.3) is 0 Å². The van der Waals surface area contributed by atoms with Crippen LogP contribution in [0.1, 0.15) is 12.5 Å². The molecule has 7 heteroatoms. The van der Waals surface area contributed by atoms with Crippen LogP contribution in [0.15, 0.2) is 54.9 Å². The summed E-state index contributed by atoms with van der Waals surface area (Å²) >= 11 is 0. The summed E-state index contributed by atoms with van der Waals surface area (Å²) in [4.78, 5) is 4.57. The molecular weight excluding hydrogens is 367 g/mol. The lowest BCUT2D eigenvalue weighted by molar-refractivity contribution is 0.412. The quantitative estimate of drug-likeness (QED) is 0.686. The highest BCUT2D eigenvalue weighted by Gasteiger charge is 2.32. The predicted molar refractivity (Wildman–Crippen MR) is 102 cm³/mol. The Morgan fingerprint density at radius 2 is 1.96 bits per heavy atom. The molecule has 0 saturated carbocycles. The molecule has 5 nitrogen and oxygen atoms in total. The van der Waals surface area contributed by atoms with Crippen LogP contribution in [0.25, 0.3) is 22.5 Å². The van der Waals surface area contributed by atoms with E-state index in [-0.39, 0.29) is 17.5 Å². The second-order valence-electron chi connectivity index (χ2n) is 6.62. The Morgan fingerprint density at radius 3 is 2.63 bits per heavy atom. The molecule has 1 fully saturated rings. The molecule has 140 valence electrons. The fourth-order valence-corrected chi connectivity index (χ4v) is 5.28. The zero-order chi connectivity index (χ0) is 19.0. The molecular formula is C20H19FN2O3S. The van der Waals surface area contributed by atoms with Gasteiger partial charge in [0.15, 0.2) is 9.84 Å². The molecule has 2 heterocycles. The summed E-state index contributed by atoms with van der Waals surface area (Å²) in [5.41, 5.74) is 3.03. The number of benzene rings is 2. The fraction of sp³-hybridized carbons (Fsp3) is 0.250. The molecule has 1 saturated heterocycles. The van der Waals surface area contributed by atoms with Gasteiger partial charge >= 0.3 is 0 Å². The van der Waals surface area contributed by atoms with Gasteiger partial charge in [-0.05, 0) is 18.6 Å². The van der Waals surface area contributed by atoms with Crippen LogP contribution in [0, 0.1) is 5.82 Å². The third kappa shape index (κ3) is 3.35. The topological polar surface area (TPSA) is 61.2 Å². The van der Waals surface area contributed by atoms with Gasteiger partial charge in [0.2, 0.25) is 0 Å². The van der Waals surface area contributed by atoms with E-state index < -0.39 is 15.7 Å². The van der Waals surface area contributed by atoms with Crippen molar-refractivity contribution in [2.75, 3.05) is 18.6 Å². The lowest BCUT2D eigenvalue weighted by Crippen LogP contribution is -2.11. The number of halogens is 1. The van der Waals surface area contributed by atoms with Gasteiger partial charge in [-0.15, -0.1) is 0 Å². The van der Waals surface area contributed by atoms with Gasteiger partial charge in [-0.1, -0.05) is 30.3 Å². The molecule has 0 unspecified atom stereocenters. The molecule has 0 bridgehead atoms. The highest BCUT2D eigenvalue weighted by Crippen LogP contribution is 2.40. The molecule has 1 aliphatic heterocycles. The fourth-order valence-electron chi connectivity index (χ4n) is 3.57. The van der Waals surface area contributed by atoms with Crippen LogP contribution in [-0.4, -0.2) is 36.6 Å². The Bertz CT molecular complexity index is 1080. The van der Waals surface area contributed by atoms with E-state index in [1.54, 1.807) is 12.4 Å². The van der Waals surface area contributed by atoms with Crippen LogP contribution >= 0.6 is 0 Å². The van der Waals surface area contributed by atoms with Crippen molar-refractivity contribution in [3.8, 4) is 28.3 Å². The Labute approximate surface area is 157 Å². The Kier molecular flexibility index (Phi) is 4.47. The first-order chi connectivity index (χ1) is 13.0. The van der Waals surface area contributed by atoms with Gasteiger partial charge in [-0.3, -0.25) is 0 Å². The van der Waals surface area contributed by atoms with Crippen molar-refractivity contribution in [2.24, 2.45) is 0 Å². The molecule has 4 rings (SSSR count). The van der Waals surface area contributed by atoms with Crippen molar-refractivity contribution < 1.29 is 17.5 Å². The second kappa shape index (κ2) is 6.81. The van der Waals surface area contributed by atoms with E-state index in [9.17, 15) is 12.8 Å². The predicted octanol–water partition coefficient (Wildman–Crippen LogP) is 3.72. The van der Waals surface area contributed by atoms with Crippen LogP contribution in [-0.2, 0) is 9.84 Å². The van der Waals surface area contributed by atoms with Crippen molar-refractivity contribution in [1.29, 1.82) is 0 Å². The maximum atomic E-state index is 13.7. The van der Waals surface area contributed by atoms with Crippen LogP contribution in [0.2, 0.25) is 0 Å². The third-order valence-corrected chi connectivity index (χ3v) is 6.61. The Morgan fingerprint density at radius 1 is 1.19 bits per heavy atom. The lowest BCUT2D eigenvalue weighted by Gasteiger charge is -2.17. The molecule has 1 aromatic heterocycles. The Hall–Kier alpha value is -2.67. The van der Waals surface area contributed by atoms with Crippen molar-refractivity contribution in [1.82, 2.24) is 9.55 Å². The van der Waals surface area contributed by atoms with E-state index in [4.69, 9.17) is 4.74 Å². The van der Waals surface area contributed by atoms with E-state index in [0.717, 1.165) is 11.3 Å². The van der Waals surface area contributed by atoms with Gasteiger partial charge in [0.1, 0.15) is 11.6 Å². The first-order valence-corrected chi connectivity index (χ1v) is 10.5. The zero-order valence-corrected chi connectivity index (χ0v) is 15.6. The summed E-state index contributed by atoms with van der Waals surface area (Å²) in [6.45, 7) is 0. The molecule has 0 N–H and O–H groups in total. The van der Waals surface area contributed by atoms with Crippen LogP contribution in [0.4, 0.5) is 4.39 Å². The van der Waals surface area contributed by atoms with Crippen LogP contribution in [0.5, 0.6) is 5.75 Å². The smallest absolute Gasteiger partial charge is 0.152 e. The number of hydrogen-bond donors (Lipinski definition) is 0. The molecule has 0 spiro atoms. The maximum absolute atomic E-state index is 13.7. The lowest BCUT2D eigenvalue weighted by atomic mass is 10.0. The minimum atomic E-state index is -3.06. The van der Waals surface area contributed by atoms with E-state index in [2.05, 4.69) is 4.98 Å². The summed E-state index contributed by atoms with van der Waals surface area (Å²) in [5.74, 6) is 0.228. The molecule has 2 aromatic carbocycles. The number of hydrogen-bond acceptors (Lipinski definition) is 4. The number of rotatable bonds is 4. The highest BCUT2D eigenvalue weighted by molar-refractivity contribution is 7.91. The van der Waals surface area contributed by atoms with Gasteiger partial charge in [-0.25, -0.2) is 17.8 Å². The Balaban J connectivity index is 1.93. The normalized spacial score (nSPS) is 18.5. The summed E-state index contributed by atoms with van der Waals surface area (Å²) in [7, 11) is -1.57. The number of aromatic nitrogens is 2. The monoisotopic (exact) mass is 386 g/mol. The number of sulfone groups is 1. The molecule has 27 heavy (non-hydrogen) atoms. The molecule has 0 radical (unpaired) electrons. The molecule has 1 aliphatic rings. The standard InChI is InChI=1S/C20H19FN2O3S/c1-26-18-11-15(21)7-8-17(18)20-19(14-5-3-2-4-6-14)22-13-23(20)16-9-10-27(24,25)12-16/h2-8,11,13,16H,9-10,12H2,1H3/t16-/m0/s1. The average Bonchev–Trinajstić information content (AvgIpc) is 3.25. The number of nitrogens with zero attached hydrogens (tertiary/aromatic N) is 2. The number of methoxy groups -OCH3 is 1.